The fraction of sp³-hybridized carbons (Fsp3) is 0.136. The minimum atomic E-state index is -4.05. The first-order valence-electron chi connectivity index (χ1n) is 9.13. The smallest absolute Gasteiger partial charge is 0.242 e. The Morgan fingerprint density at radius 1 is 1.03 bits per heavy atom. The third kappa shape index (κ3) is 5.66. The number of amides is 1. The largest absolute Gasteiger partial charge is 0.324 e. The molecule has 0 aliphatic rings. The Morgan fingerprint density at radius 3 is 2.33 bits per heavy atom. The number of halogens is 2. The fourth-order valence-corrected chi connectivity index (χ4v) is 4.32. The third-order valence-electron chi connectivity index (χ3n) is 4.47. The van der Waals surface area contributed by atoms with Crippen molar-refractivity contribution in [2.75, 3.05) is 5.32 Å². The fourth-order valence-electron chi connectivity index (χ4n) is 2.89. The van der Waals surface area contributed by atoms with Gasteiger partial charge < -0.3 is 5.32 Å². The highest BCUT2D eigenvalue weighted by Crippen LogP contribution is 2.20. The topological polar surface area (TPSA) is 75.3 Å². The molecule has 0 saturated carbocycles. The lowest BCUT2D eigenvalue weighted by molar-refractivity contribution is -0.117. The minimum absolute atomic E-state index is 0.127. The van der Waals surface area contributed by atoms with Gasteiger partial charge in [0.2, 0.25) is 15.9 Å². The maximum atomic E-state index is 13.2. The second-order valence-corrected chi connectivity index (χ2v) is 8.92. The number of carbonyl (C=O) groups excluding carboxylic acids is 1. The van der Waals surface area contributed by atoms with E-state index in [-0.39, 0.29) is 11.3 Å². The number of aryl methyl sites for hydroxylation is 1. The summed E-state index contributed by atoms with van der Waals surface area (Å²) < 4.78 is 41.2. The third-order valence-corrected chi connectivity index (χ3v) is 6.19. The number of carbonyl (C=O) groups is 1. The lowest BCUT2D eigenvalue weighted by Crippen LogP contribution is -2.45. The summed E-state index contributed by atoms with van der Waals surface area (Å²) >= 11 is 5.96. The van der Waals surface area contributed by atoms with Gasteiger partial charge in [0.15, 0.2) is 0 Å². The first-order valence-corrected chi connectivity index (χ1v) is 11.0. The predicted octanol–water partition coefficient (Wildman–Crippen LogP) is 4.32. The predicted molar refractivity (Wildman–Crippen MR) is 115 cm³/mol. The summed E-state index contributed by atoms with van der Waals surface area (Å²) in [5.74, 6) is -1.07. The molecule has 0 aromatic heterocycles. The van der Waals surface area contributed by atoms with Crippen molar-refractivity contribution >= 4 is 33.2 Å². The van der Waals surface area contributed by atoms with Crippen LogP contribution in [-0.2, 0) is 21.2 Å². The van der Waals surface area contributed by atoms with Crippen LogP contribution in [0.4, 0.5) is 10.1 Å². The van der Waals surface area contributed by atoms with Gasteiger partial charge in [-0.3, -0.25) is 4.79 Å². The van der Waals surface area contributed by atoms with Gasteiger partial charge in [-0.15, -0.1) is 0 Å². The van der Waals surface area contributed by atoms with Gasteiger partial charge in [0.25, 0.3) is 0 Å². The molecule has 0 bridgehead atoms. The number of hydrogen-bond donors (Lipinski definition) is 2. The molecule has 3 aromatic carbocycles. The molecule has 2 N–H and O–H groups in total. The molecule has 156 valence electrons. The van der Waals surface area contributed by atoms with E-state index in [1.54, 1.807) is 37.3 Å². The molecular formula is C22H20ClFN2O3S. The molecule has 0 heterocycles. The lowest BCUT2D eigenvalue weighted by Gasteiger charge is -2.19. The van der Waals surface area contributed by atoms with Crippen LogP contribution in [0, 0.1) is 12.7 Å². The highest BCUT2D eigenvalue weighted by atomic mass is 35.5. The van der Waals surface area contributed by atoms with Gasteiger partial charge in [-0.2, -0.15) is 4.72 Å². The van der Waals surface area contributed by atoms with Crippen LogP contribution >= 0.6 is 11.6 Å². The van der Waals surface area contributed by atoms with Crippen molar-refractivity contribution in [3.63, 3.8) is 0 Å². The normalized spacial score (nSPS) is 12.4. The van der Waals surface area contributed by atoms with Crippen LogP contribution in [0.5, 0.6) is 0 Å². The molecule has 3 aromatic rings. The number of sulfonamides is 1. The zero-order chi connectivity index (χ0) is 21.7. The number of benzene rings is 3. The SMILES string of the molecule is Cc1cc(Cl)ccc1NC(=O)[C@H](Cc1ccccc1)NS(=O)(=O)c1ccc(F)cc1. The van der Waals surface area contributed by atoms with Crippen molar-refractivity contribution in [2.24, 2.45) is 0 Å². The van der Waals surface area contributed by atoms with Crippen LogP contribution in [0.3, 0.4) is 0 Å². The molecule has 5 nitrogen and oxygen atoms in total. The monoisotopic (exact) mass is 446 g/mol. The molecular weight excluding hydrogens is 427 g/mol. The van der Waals surface area contributed by atoms with Crippen molar-refractivity contribution in [3.05, 3.63) is 94.8 Å². The zero-order valence-electron chi connectivity index (χ0n) is 16.1. The highest BCUT2D eigenvalue weighted by molar-refractivity contribution is 7.89. The van der Waals surface area contributed by atoms with Gasteiger partial charge in [-0.25, -0.2) is 12.8 Å². The van der Waals surface area contributed by atoms with Gasteiger partial charge in [0, 0.05) is 10.7 Å². The van der Waals surface area contributed by atoms with Crippen molar-refractivity contribution in [1.82, 2.24) is 4.72 Å². The Labute approximate surface area is 179 Å². The number of hydrogen-bond acceptors (Lipinski definition) is 3. The first-order chi connectivity index (χ1) is 14.2. The Kier molecular flexibility index (Phi) is 6.87. The van der Waals surface area contributed by atoms with E-state index in [0.29, 0.717) is 10.7 Å². The minimum Gasteiger partial charge on any atom is -0.324 e. The van der Waals surface area contributed by atoms with E-state index < -0.39 is 27.8 Å². The Balaban J connectivity index is 1.87. The summed E-state index contributed by atoms with van der Waals surface area (Å²) in [5, 5.41) is 3.29. The summed E-state index contributed by atoms with van der Waals surface area (Å²) in [6.07, 6.45) is 0.139. The molecule has 0 fully saturated rings. The van der Waals surface area contributed by atoms with E-state index in [9.17, 15) is 17.6 Å². The van der Waals surface area contributed by atoms with Crippen LogP contribution in [0.15, 0.2) is 77.7 Å². The maximum absolute atomic E-state index is 13.2. The summed E-state index contributed by atoms with van der Waals surface area (Å²) in [7, 11) is -4.05. The first kappa shape index (κ1) is 22.0. The molecule has 0 radical (unpaired) electrons. The maximum Gasteiger partial charge on any atom is 0.242 e. The average Bonchev–Trinajstić information content (AvgIpc) is 2.70. The standard InChI is InChI=1S/C22H20ClFN2O3S/c1-15-13-17(23)7-12-20(15)25-22(27)21(14-16-5-3-2-4-6-16)26-30(28,29)19-10-8-18(24)9-11-19/h2-13,21,26H,14H2,1H3,(H,25,27)/t21-/m0/s1. The molecule has 30 heavy (non-hydrogen) atoms. The van der Waals surface area contributed by atoms with Crippen LogP contribution in [0.2, 0.25) is 5.02 Å². The van der Waals surface area contributed by atoms with E-state index in [1.807, 2.05) is 18.2 Å². The second kappa shape index (κ2) is 9.38. The Morgan fingerprint density at radius 2 is 1.70 bits per heavy atom. The Bertz CT molecular complexity index is 1140. The summed E-state index contributed by atoms with van der Waals surface area (Å²) in [4.78, 5) is 12.9. The van der Waals surface area contributed by atoms with E-state index >= 15 is 0 Å². The summed E-state index contributed by atoms with van der Waals surface area (Å²) in [6.45, 7) is 1.79. The van der Waals surface area contributed by atoms with Gasteiger partial charge in [0.1, 0.15) is 11.9 Å². The molecule has 1 amide bonds. The van der Waals surface area contributed by atoms with E-state index in [2.05, 4.69) is 10.0 Å². The molecule has 1 atom stereocenters. The summed E-state index contributed by atoms with van der Waals surface area (Å²) in [6, 6.07) is 17.4. The summed E-state index contributed by atoms with van der Waals surface area (Å²) in [5.41, 5.74) is 2.06. The molecule has 8 heteroatoms. The Hall–Kier alpha value is -2.74. The lowest BCUT2D eigenvalue weighted by atomic mass is 10.1. The van der Waals surface area contributed by atoms with Crippen molar-refractivity contribution in [3.8, 4) is 0 Å². The molecule has 0 saturated heterocycles. The van der Waals surface area contributed by atoms with Crippen LogP contribution in [0.1, 0.15) is 11.1 Å². The number of rotatable bonds is 7. The molecule has 0 unspecified atom stereocenters. The molecule has 0 aliphatic carbocycles. The van der Waals surface area contributed by atoms with Crippen molar-refractivity contribution in [2.45, 2.75) is 24.3 Å². The van der Waals surface area contributed by atoms with E-state index in [1.165, 1.54) is 0 Å². The molecule has 0 aliphatic heterocycles. The molecule has 3 rings (SSSR count). The van der Waals surface area contributed by atoms with E-state index in [0.717, 1.165) is 35.4 Å². The van der Waals surface area contributed by atoms with E-state index in [4.69, 9.17) is 11.6 Å². The van der Waals surface area contributed by atoms with Crippen LogP contribution < -0.4 is 10.0 Å². The number of nitrogens with one attached hydrogen (secondary N) is 2. The second-order valence-electron chi connectivity index (χ2n) is 6.77. The van der Waals surface area contributed by atoms with Gasteiger partial charge >= 0.3 is 0 Å². The van der Waals surface area contributed by atoms with Crippen molar-refractivity contribution < 1.29 is 17.6 Å². The van der Waals surface area contributed by atoms with Crippen LogP contribution in [0.25, 0.3) is 0 Å². The van der Waals surface area contributed by atoms with Gasteiger partial charge in [0.05, 0.1) is 4.90 Å². The van der Waals surface area contributed by atoms with Gasteiger partial charge in [-0.05, 0) is 66.9 Å². The van der Waals surface area contributed by atoms with Gasteiger partial charge in [-0.1, -0.05) is 41.9 Å². The van der Waals surface area contributed by atoms with Crippen LogP contribution in [-0.4, -0.2) is 20.4 Å². The number of anilines is 1. The highest BCUT2D eigenvalue weighted by Gasteiger charge is 2.26. The molecule has 0 spiro atoms. The quantitative estimate of drug-likeness (QED) is 0.567. The average molecular weight is 447 g/mol. The van der Waals surface area contributed by atoms with Crippen molar-refractivity contribution in [1.29, 1.82) is 0 Å². The zero-order valence-corrected chi connectivity index (χ0v) is 17.7.